The van der Waals surface area contributed by atoms with Gasteiger partial charge in [0.15, 0.2) is 0 Å². The summed E-state index contributed by atoms with van der Waals surface area (Å²) in [7, 11) is 0. The third kappa shape index (κ3) is 2.76. The molecule has 1 aromatic carbocycles. The summed E-state index contributed by atoms with van der Waals surface area (Å²) in [5.41, 5.74) is 0.966. The molecule has 0 bridgehead atoms. The van der Waals surface area contributed by atoms with Gasteiger partial charge < -0.3 is 10.4 Å². The van der Waals surface area contributed by atoms with E-state index >= 15 is 0 Å². The van der Waals surface area contributed by atoms with Crippen molar-refractivity contribution >= 4 is 22.9 Å². The van der Waals surface area contributed by atoms with Gasteiger partial charge in [-0.1, -0.05) is 20.8 Å². The number of aromatic amines is 1. The van der Waals surface area contributed by atoms with Crippen LogP contribution in [0.4, 0.5) is 0 Å². The lowest BCUT2D eigenvalue weighted by Crippen LogP contribution is -2.49. The molecule has 1 aromatic heterocycles. The van der Waals surface area contributed by atoms with Crippen LogP contribution in [0.15, 0.2) is 18.2 Å². The minimum Gasteiger partial charge on any atom is -0.480 e. The Morgan fingerprint density at radius 1 is 1.25 bits per heavy atom. The molecule has 0 aliphatic carbocycles. The van der Waals surface area contributed by atoms with Crippen LogP contribution in [0.25, 0.3) is 11.0 Å². The van der Waals surface area contributed by atoms with E-state index in [2.05, 4.69) is 20.7 Å². The van der Waals surface area contributed by atoms with E-state index in [1.54, 1.807) is 39.0 Å². The van der Waals surface area contributed by atoms with Crippen LogP contribution in [0.1, 0.15) is 31.1 Å². The molecule has 0 radical (unpaired) electrons. The summed E-state index contributed by atoms with van der Waals surface area (Å²) in [6, 6.07) is 3.83. The predicted molar refractivity (Wildman–Crippen MR) is 72.2 cm³/mol. The van der Waals surface area contributed by atoms with Crippen molar-refractivity contribution < 1.29 is 14.7 Å². The van der Waals surface area contributed by atoms with Gasteiger partial charge in [-0.3, -0.25) is 4.79 Å². The number of H-pyrrole nitrogens is 1. The number of hydrogen-bond acceptors (Lipinski definition) is 4. The Morgan fingerprint density at radius 3 is 2.50 bits per heavy atom. The Bertz CT molecular complexity index is 657. The minimum atomic E-state index is -1.06. The van der Waals surface area contributed by atoms with Gasteiger partial charge >= 0.3 is 5.97 Å². The van der Waals surface area contributed by atoms with Crippen LogP contribution in [0.5, 0.6) is 0 Å². The van der Waals surface area contributed by atoms with E-state index in [1.807, 2.05) is 0 Å². The molecule has 2 aromatic rings. The van der Waals surface area contributed by atoms with Crippen LogP contribution in [-0.2, 0) is 4.79 Å². The number of carboxylic acid groups (broad SMARTS) is 1. The van der Waals surface area contributed by atoms with Crippen LogP contribution in [0.3, 0.4) is 0 Å². The number of carbonyl (C=O) groups excluding carboxylic acids is 1. The molecular formula is C13H16N4O3. The second-order valence-corrected chi connectivity index (χ2v) is 5.64. The number of carbonyl (C=O) groups is 2. The Balaban J connectivity index is 2.24. The number of hydrogen-bond donors (Lipinski definition) is 3. The molecule has 0 saturated heterocycles. The lowest BCUT2D eigenvalue weighted by molar-refractivity contribution is -0.142. The van der Waals surface area contributed by atoms with Gasteiger partial charge in [0.1, 0.15) is 17.1 Å². The maximum atomic E-state index is 12.1. The second kappa shape index (κ2) is 4.92. The van der Waals surface area contributed by atoms with Crippen LogP contribution < -0.4 is 5.32 Å². The maximum Gasteiger partial charge on any atom is 0.326 e. The zero-order valence-electron chi connectivity index (χ0n) is 11.5. The van der Waals surface area contributed by atoms with Gasteiger partial charge in [-0.2, -0.15) is 15.4 Å². The largest absolute Gasteiger partial charge is 0.480 e. The highest BCUT2D eigenvalue weighted by Gasteiger charge is 2.32. The standard InChI is InChI=1S/C13H16N4O3/c1-13(2,3)10(12(19)20)14-11(18)7-4-5-8-9(6-7)16-17-15-8/h4-6,10H,1-3H3,(H,14,18)(H,19,20)(H,15,16,17)/t10-/m0/s1. The highest BCUT2D eigenvalue weighted by molar-refractivity contribution is 5.99. The van der Waals surface area contributed by atoms with Crippen molar-refractivity contribution in [2.75, 3.05) is 0 Å². The molecular weight excluding hydrogens is 260 g/mol. The summed E-state index contributed by atoms with van der Waals surface area (Å²) < 4.78 is 0. The molecule has 1 atom stereocenters. The van der Waals surface area contributed by atoms with Crippen LogP contribution in [0.2, 0.25) is 0 Å². The maximum absolute atomic E-state index is 12.1. The highest BCUT2D eigenvalue weighted by Crippen LogP contribution is 2.20. The summed E-state index contributed by atoms with van der Waals surface area (Å²) in [6.07, 6.45) is 0. The van der Waals surface area contributed by atoms with E-state index < -0.39 is 23.3 Å². The van der Waals surface area contributed by atoms with E-state index in [1.165, 1.54) is 0 Å². The summed E-state index contributed by atoms with van der Waals surface area (Å²) in [5.74, 6) is -1.51. The number of fused-ring (bicyclic) bond motifs is 1. The number of carboxylic acids is 1. The zero-order valence-corrected chi connectivity index (χ0v) is 11.5. The quantitative estimate of drug-likeness (QED) is 0.780. The van der Waals surface area contributed by atoms with Gasteiger partial charge in [-0.15, -0.1) is 0 Å². The molecule has 0 saturated carbocycles. The lowest BCUT2D eigenvalue weighted by Gasteiger charge is -2.27. The molecule has 0 aliphatic rings. The number of aliphatic carboxylic acids is 1. The van der Waals surface area contributed by atoms with Gasteiger partial charge in [-0.25, -0.2) is 4.79 Å². The fraction of sp³-hybridized carbons (Fsp3) is 0.385. The van der Waals surface area contributed by atoms with Crippen molar-refractivity contribution in [2.24, 2.45) is 5.41 Å². The number of nitrogens with zero attached hydrogens (tertiary/aromatic N) is 2. The fourth-order valence-electron chi connectivity index (χ4n) is 1.84. The molecule has 0 aliphatic heterocycles. The number of rotatable bonds is 3. The number of aromatic nitrogens is 3. The van der Waals surface area contributed by atoms with E-state index in [4.69, 9.17) is 0 Å². The summed E-state index contributed by atoms with van der Waals surface area (Å²) in [5, 5.41) is 22.0. The number of nitrogens with one attached hydrogen (secondary N) is 2. The Kier molecular flexibility index (Phi) is 3.44. The molecule has 0 spiro atoms. The monoisotopic (exact) mass is 276 g/mol. The van der Waals surface area contributed by atoms with Crippen molar-refractivity contribution in [2.45, 2.75) is 26.8 Å². The van der Waals surface area contributed by atoms with Crippen molar-refractivity contribution in [1.82, 2.24) is 20.7 Å². The first kappa shape index (κ1) is 14.0. The van der Waals surface area contributed by atoms with E-state index in [0.29, 0.717) is 16.6 Å². The molecule has 106 valence electrons. The Morgan fingerprint density at radius 2 is 1.90 bits per heavy atom. The Hall–Kier alpha value is -2.44. The number of amides is 1. The average molecular weight is 276 g/mol. The summed E-state index contributed by atoms with van der Waals surface area (Å²) in [6.45, 7) is 5.27. The normalized spacial score (nSPS) is 13.2. The van der Waals surface area contributed by atoms with Gasteiger partial charge in [0.25, 0.3) is 5.91 Å². The Labute approximate surface area is 115 Å². The zero-order chi connectivity index (χ0) is 14.9. The molecule has 0 unspecified atom stereocenters. The highest BCUT2D eigenvalue weighted by atomic mass is 16.4. The van der Waals surface area contributed by atoms with Crippen molar-refractivity contribution in [3.63, 3.8) is 0 Å². The summed E-state index contributed by atoms with van der Waals surface area (Å²) in [4.78, 5) is 23.4. The molecule has 1 amide bonds. The molecule has 0 fully saturated rings. The first-order valence-corrected chi connectivity index (χ1v) is 6.13. The van der Waals surface area contributed by atoms with Crippen LogP contribution in [-0.4, -0.2) is 38.4 Å². The van der Waals surface area contributed by atoms with Gasteiger partial charge in [0, 0.05) is 5.56 Å². The first-order valence-electron chi connectivity index (χ1n) is 6.13. The fourth-order valence-corrected chi connectivity index (χ4v) is 1.84. The average Bonchev–Trinajstić information content (AvgIpc) is 2.80. The summed E-state index contributed by atoms with van der Waals surface area (Å²) >= 11 is 0. The van der Waals surface area contributed by atoms with Crippen molar-refractivity contribution in [3.8, 4) is 0 Å². The SMILES string of the molecule is CC(C)(C)[C@@H](NC(=O)c1ccc2n[nH]nc2c1)C(=O)O. The molecule has 1 heterocycles. The van der Waals surface area contributed by atoms with Gasteiger partial charge in [-0.05, 0) is 23.6 Å². The minimum absolute atomic E-state index is 0.349. The number of benzene rings is 1. The van der Waals surface area contributed by atoms with Crippen molar-refractivity contribution in [3.05, 3.63) is 23.8 Å². The lowest BCUT2D eigenvalue weighted by atomic mass is 9.86. The predicted octanol–water partition coefficient (Wildman–Crippen LogP) is 1.19. The van der Waals surface area contributed by atoms with E-state index in [-0.39, 0.29) is 0 Å². The van der Waals surface area contributed by atoms with E-state index in [0.717, 1.165) is 0 Å². The third-order valence-corrected chi connectivity index (χ3v) is 2.97. The van der Waals surface area contributed by atoms with Crippen molar-refractivity contribution in [1.29, 1.82) is 0 Å². The topological polar surface area (TPSA) is 108 Å². The molecule has 7 heteroatoms. The smallest absolute Gasteiger partial charge is 0.326 e. The van der Waals surface area contributed by atoms with Crippen LogP contribution in [0, 0.1) is 5.41 Å². The first-order chi connectivity index (χ1) is 9.29. The van der Waals surface area contributed by atoms with E-state index in [9.17, 15) is 14.7 Å². The van der Waals surface area contributed by atoms with Gasteiger partial charge in [0.2, 0.25) is 0 Å². The second-order valence-electron chi connectivity index (χ2n) is 5.64. The van der Waals surface area contributed by atoms with Crippen LogP contribution >= 0.6 is 0 Å². The third-order valence-electron chi connectivity index (χ3n) is 2.97. The molecule has 3 N–H and O–H groups in total. The molecule has 2 rings (SSSR count). The van der Waals surface area contributed by atoms with Gasteiger partial charge in [0.05, 0.1) is 0 Å². The molecule has 20 heavy (non-hydrogen) atoms. The molecule has 7 nitrogen and oxygen atoms in total.